The summed E-state index contributed by atoms with van der Waals surface area (Å²) in [4.78, 5) is 0. The van der Waals surface area contributed by atoms with Gasteiger partial charge in [0.15, 0.2) is 0 Å². The van der Waals surface area contributed by atoms with Crippen molar-refractivity contribution in [2.75, 3.05) is 13.7 Å². The first-order valence-electron chi connectivity index (χ1n) is 4.94. The quantitative estimate of drug-likeness (QED) is 0.808. The molecule has 0 fully saturated rings. The summed E-state index contributed by atoms with van der Waals surface area (Å²) in [5.74, 6) is 0.577. The maximum Gasteiger partial charge on any atom is 0.119 e. The third-order valence-corrected chi connectivity index (χ3v) is 2.13. The van der Waals surface area contributed by atoms with Crippen molar-refractivity contribution >= 4 is 0 Å². The van der Waals surface area contributed by atoms with E-state index in [1.54, 1.807) is 7.11 Å². The van der Waals surface area contributed by atoms with E-state index in [1.165, 1.54) is 6.08 Å². The number of rotatable bonds is 5. The number of methoxy groups -OCH3 is 1. The van der Waals surface area contributed by atoms with Crippen LogP contribution in [0.4, 0.5) is 4.39 Å². The summed E-state index contributed by atoms with van der Waals surface area (Å²) in [5, 5.41) is 0. The molecule has 0 unspecified atom stereocenters. The number of nitrogens with two attached hydrogens (primary N) is 1. The Morgan fingerprint density at radius 1 is 1.53 bits per heavy atom. The van der Waals surface area contributed by atoms with Crippen LogP contribution in [0.15, 0.2) is 36.2 Å². The fourth-order valence-corrected chi connectivity index (χ4v) is 1.31. The summed E-state index contributed by atoms with van der Waals surface area (Å²) >= 11 is 0. The number of benzene rings is 1. The molecule has 15 heavy (non-hydrogen) atoms. The summed E-state index contributed by atoms with van der Waals surface area (Å²) < 4.78 is 17.8. The van der Waals surface area contributed by atoms with Crippen molar-refractivity contribution in [1.82, 2.24) is 0 Å². The van der Waals surface area contributed by atoms with Gasteiger partial charge in [-0.25, -0.2) is 4.39 Å². The van der Waals surface area contributed by atoms with E-state index in [9.17, 15) is 4.39 Å². The molecule has 82 valence electrons. The lowest BCUT2D eigenvalue weighted by Gasteiger charge is -2.02. The van der Waals surface area contributed by atoms with Crippen molar-refractivity contribution in [3.63, 3.8) is 0 Å². The van der Waals surface area contributed by atoms with E-state index in [1.807, 2.05) is 24.3 Å². The first-order valence-corrected chi connectivity index (χ1v) is 4.94. The summed E-state index contributed by atoms with van der Waals surface area (Å²) in [6.07, 6.45) is 2.99. The molecule has 0 aliphatic rings. The van der Waals surface area contributed by atoms with Gasteiger partial charge in [-0.15, -0.1) is 0 Å². The first-order chi connectivity index (χ1) is 7.26. The highest BCUT2D eigenvalue weighted by Crippen LogP contribution is 2.14. The Bertz CT molecular complexity index is 336. The fraction of sp³-hybridized carbons (Fsp3) is 0.333. The van der Waals surface area contributed by atoms with Crippen molar-refractivity contribution < 1.29 is 9.13 Å². The molecule has 0 amide bonds. The summed E-state index contributed by atoms with van der Waals surface area (Å²) in [6, 6.07) is 7.77. The van der Waals surface area contributed by atoms with E-state index in [-0.39, 0.29) is 12.4 Å². The van der Waals surface area contributed by atoms with Crippen molar-refractivity contribution in [3.8, 4) is 5.75 Å². The molecular weight excluding hydrogens is 193 g/mol. The van der Waals surface area contributed by atoms with Gasteiger partial charge in [0.2, 0.25) is 0 Å². The maximum absolute atomic E-state index is 12.7. The summed E-state index contributed by atoms with van der Waals surface area (Å²) in [5.41, 5.74) is 6.27. The second-order valence-corrected chi connectivity index (χ2v) is 3.25. The van der Waals surface area contributed by atoms with E-state index in [0.717, 1.165) is 17.7 Å². The lowest BCUT2D eigenvalue weighted by Crippen LogP contribution is -1.98. The highest BCUT2D eigenvalue weighted by atomic mass is 19.1. The normalized spacial score (nSPS) is 11.5. The smallest absolute Gasteiger partial charge is 0.119 e. The minimum absolute atomic E-state index is 0.0158. The zero-order valence-electron chi connectivity index (χ0n) is 8.87. The van der Waals surface area contributed by atoms with Crippen LogP contribution >= 0.6 is 0 Å². The van der Waals surface area contributed by atoms with Crippen molar-refractivity contribution in [2.24, 2.45) is 5.73 Å². The number of hydrogen-bond acceptors (Lipinski definition) is 2. The summed E-state index contributed by atoms with van der Waals surface area (Å²) in [7, 11) is 1.63. The van der Waals surface area contributed by atoms with E-state index >= 15 is 0 Å². The van der Waals surface area contributed by atoms with Crippen molar-refractivity contribution in [3.05, 3.63) is 41.7 Å². The Kier molecular flexibility index (Phi) is 4.84. The van der Waals surface area contributed by atoms with Gasteiger partial charge in [0, 0.05) is 6.54 Å². The average molecular weight is 209 g/mol. The molecule has 0 atom stereocenters. The average Bonchev–Trinajstić information content (AvgIpc) is 2.29. The highest BCUT2D eigenvalue weighted by molar-refractivity contribution is 5.28. The molecule has 0 bridgehead atoms. The maximum atomic E-state index is 12.7. The largest absolute Gasteiger partial charge is 0.497 e. The molecule has 1 aromatic carbocycles. The van der Waals surface area contributed by atoms with Crippen LogP contribution in [0.5, 0.6) is 5.75 Å². The summed E-state index contributed by atoms with van der Waals surface area (Å²) in [6.45, 7) is -0.0158. The van der Waals surface area contributed by atoms with Gasteiger partial charge in [-0.05, 0) is 30.5 Å². The Morgan fingerprint density at radius 3 is 3.00 bits per heavy atom. The van der Waals surface area contributed by atoms with Crippen LogP contribution in [-0.2, 0) is 6.42 Å². The van der Waals surface area contributed by atoms with E-state index in [4.69, 9.17) is 10.5 Å². The Morgan fingerprint density at radius 2 is 2.33 bits per heavy atom. The van der Waals surface area contributed by atoms with Gasteiger partial charge in [-0.1, -0.05) is 18.2 Å². The van der Waals surface area contributed by atoms with Gasteiger partial charge >= 0.3 is 0 Å². The molecular formula is C12H16FNO. The number of hydrogen-bond donors (Lipinski definition) is 1. The highest BCUT2D eigenvalue weighted by Gasteiger charge is 1.95. The van der Waals surface area contributed by atoms with Crippen LogP contribution in [0.25, 0.3) is 0 Å². The van der Waals surface area contributed by atoms with Gasteiger partial charge in [0.1, 0.15) is 11.6 Å². The second kappa shape index (κ2) is 6.19. The van der Waals surface area contributed by atoms with Crippen LogP contribution in [0, 0.1) is 0 Å². The van der Waals surface area contributed by atoms with E-state index < -0.39 is 0 Å². The van der Waals surface area contributed by atoms with Crippen molar-refractivity contribution in [1.29, 1.82) is 0 Å². The molecule has 0 saturated carbocycles. The van der Waals surface area contributed by atoms with E-state index in [0.29, 0.717) is 6.42 Å². The number of allylic oxidation sites excluding steroid dienone is 1. The van der Waals surface area contributed by atoms with Crippen LogP contribution in [0.1, 0.15) is 12.0 Å². The molecule has 0 aromatic heterocycles. The Balaban J connectivity index is 2.50. The standard InChI is InChI=1S/C12H16FNO/c1-15-12-7-3-5-10(8-12)4-2-6-11(13)9-14/h3,5-8H,2,4,9,14H2,1H3/b11-6-. The van der Waals surface area contributed by atoms with Crippen LogP contribution < -0.4 is 10.5 Å². The molecule has 0 aliphatic heterocycles. The van der Waals surface area contributed by atoms with Gasteiger partial charge in [-0.3, -0.25) is 0 Å². The first kappa shape index (κ1) is 11.7. The van der Waals surface area contributed by atoms with E-state index in [2.05, 4.69) is 0 Å². The second-order valence-electron chi connectivity index (χ2n) is 3.25. The molecule has 0 heterocycles. The van der Waals surface area contributed by atoms with Gasteiger partial charge in [0.25, 0.3) is 0 Å². The molecule has 0 saturated heterocycles. The lowest BCUT2D eigenvalue weighted by atomic mass is 10.1. The fourth-order valence-electron chi connectivity index (χ4n) is 1.31. The Hall–Kier alpha value is -1.35. The molecule has 1 aromatic rings. The molecule has 2 N–H and O–H groups in total. The SMILES string of the molecule is COc1cccc(CC/C=C(\F)CN)c1. The lowest BCUT2D eigenvalue weighted by molar-refractivity contribution is 0.414. The zero-order valence-corrected chi connectivity index (χ0v) is 8.87. The van der Waals surface area contributed by atoms with Gasteiger partial charge in [0.05, 0.1) is 7.11 Å². The monoisotopic (exact) mass is 209 g/mol. The van der Waals surface area contributed by atoms with Gasteiger partial charge in [-0.2, -0.15) is 0 Å². The third-order valence-electron chi connectivity index (χ3n) is 2.13. The van der Waals surface area contributed by atoms with Crippen LogP contribution in [0.3, 0.4) is 0 Å². The number of aryl methyl sites for hydroxylation is 1. The molecule has 3 heteroatoms. The number of halogens is 1. The third kappa shape index (κ3) is 4.13. The predicted molar refractivity (Wildman–Crippen MR) is 59.6 cm³/mol. The minimum Gasteiger partial charge on any atom is -0.497 e. The Labute approximate surface area is 89.6 Å². The predicted octanol–water partition coefficient (Wildman–Crippen LogP) is 2.44. The van der Waals surface area contributed by atoms with Crippen molar-refractivity contribution in [2.45, 2.75) is 12.8 Å². The molecule has 0 spiro atoms. The van der Waals surface area contributed by atoms with Crippen LogP contribution in [0.2, 0.25) is 0 Å². The molecule has 0 aliphatic carbocycles. The zero-order chi connectivity index (χ0) is 11.1. The molecule has 2 nitrogen and oxygen atoms in total. The number of ether oxygens (including phenoxy) is 1. The molecule has 1 rings (SSSR count). The van der Waals surface area contributed by atoms with Gasteiger partial charge < -0.3 is 10.5 Å². The minimum atomic E-state index is -0.252. The topological polar surface area (TPSA) is 35.2 Å². The van der Waals surface area contributed by atoms with Crippen LogP contribution in [-0.4, -0.2) is 13.7 Å². The molecule has 0 radical (unpaired) electrons.